The van der Waals surface area contributed by atoms with Gasteiger partial charge in [0.05, 0.1) is 10.6 Å². The third-order valence-electron chi connectivity index (χ3n) is 3.02. The Bertz CT molecular complexity index is 763. The van der Waals surface area contributed by atoms with E-state index in [-0.39, 0.29) is 12.4 Å². The van der Waals surface area contributed by atoms with Gasteiger partial charge in [0.1, 0.15) is 24.7 Å². The van der Waals surface area contributed by atoms with Crippen LogP contribution in [0.1, 0.15) is 4.88 Å². The van der Waals surface area contributed by atoms with Crippen LogP contribution >= 0.6 is 11.3 Å². The van der Waals surface area contributed by atoms with Gasteiger partial charge in [0.25, 0.3) is 0 Å². The van der Waals surface area contributed by atoms with E-state index in [1.807, 2.05) is 0 Å². The van der Waals surface area contributed by atoms with E-state index < -0.39 is 5.97 Å². The van der Waals surface area contributed by atoms with Gasteiger partial charge >= 0.3 is 5.97 Å². The molecular formula is C13H11FN2O3S. The fraction of sp³-hybridized carbons (Fsp3) is 0.231. The Balaban J connectivity index is 2.29. The highest BCUT2D eigenvalue weighted by Gasteiger charge is 2.25. The number of halogens is 1. The van der Waals surface area contributed by atoms with E-state index in [0.29, 0.717) is 28.4 Å². The Labute approximate surface area is 117 Å². The highest BCUT2D eigenvalue weighted by Crippen LogP contribution is 2.38. The topological polar surface area (TPSA) is 63.8 Å². The number of hydrogen-bond donors (Lipinski definition) is 1. The van der Waals surface area contributed by atoms with Crippen molar-refractivity contribution in [3.63, 3.8) is 0 Å². The molecule has 1 aromatic heterocycles. The molecule has 1 aliphatic heterocycles. The van der Waals surface area contributed by atoms with Gasteiger partial charge in [-0.05, 0) is 18.2 Å². The first kappa shape index (κ1) is 12.9. The quantitative estimate of drug-likeness (QED) is 0.919. The second-order valence-corrected chi connectivity index (χ2v) is 5.35. The van der Waals surface area contributed by atoms with E-state index in [1.165, 1.54) is 23.5 Å². The zero-order chi connectivity index (χ0) is 14.3. The van der Waals surface area contributed by atoms with Crippen molar-refractivity contribution in [2.75, 3.05) is 7.05 Å². The summed E-state index contributed by atoms with van der Waals surface area (Å²) in [5.74, 6) is -0.799. The summed E-state index contributed by atoms with van der Waals surface area (Å²) in [5.41, 5.74) is 1.25. The molecule has 3 rings (SSSR count). The van der Waals surface area contributed by atoms with Crippen LogP contribution in [0.5, 0.6) is 5.75 Å². The second-order valence-electron chi connectivity index (χ2n) is 4.29. The van der Waals surface area contributed by atoms with Crippen molar-refractivity contribution in [1.82, 2.24) is 4.57 Å². The zero-order valence-corrected chi connectivity index (χ0v) is 11.4. The Hall–Kier alpha value is -2.15. The summed E-state index contributed by atoms with van der Waals surface area (Å²) in [4.78, 5) is 16.6. The van der Waals surface area contributed by atoms with Gasteiger partial charge < -0.3 is 14.4 Å². The molecule has 1 aromatic carbocycles. The van der Waals surface area contributed by atoms with Crippen LogP contribution in [0.3, 0.4) is 0 Å². The second kappa shape index (κ2) is 4.75. The third-order valence-corrected chi connectivity index (χ3v) is 4.16. The van der Waals surface area contributed by atoms with E-state index in [0.717, 1.165) is 4.88 Å². The van der Waals surface area contributed by atoms with Gasteiger partial charge in [-0.3, -0.25) is 9.79 Å². The fourth-order valence-electron chi connectivity index (χ4n) is 2.26. The highest BCUT2D eigenvalue weighted by molar-refractivity contribution is 7.09. The number of carboxylic acid groups (broad SMARTS) is 1. The minimum absolute atomic E-state index is 0.214. The monoisotopic (exact) mass is 294 g/mol. The smallest absolute Gasteiger partial charge is 0.323 e. The Morgan fingerprint density at radius 2 is 2.40 bits per heavy atom. The Morgan fingerprint density at radius 3 is 3.10 bits per heavy atom. The van der Waals surface area contributed by atoms with Crippen LogP contribution in [-0.4, -0.2) is 22.7 Å². The maximum atomic E-state index is 13.5. The summed E-state index contributed by atoms with van der Waals surface area (Å²) in [6.07, 6.45) is 0. The van der Waals surface area contributed by atoms with Crippen molar-refractivity contribution >= 4 is 17.3 Å². The van der Waals surface area contributed by atoms with Crippen LogP contribution in [0.25, 0.3) is 11.3 Å². The maximum absolute atomic E-state index is 13.5. The average molecular weight is 294 g/mol. The lowest BCUT2D eigenvalue weighted by Gasteiger charge is -2.19. The number of fused-ring (bicyclic) bond motifs is 3. The van der Waals surface area contributed by atoms with Crippen molar-refractivity contribution in [3.05, 3.63) is 33.7 Å². The summed E-state index contributed by atoms with van der Waals surface area (Å²) in [6, 6.07) is 4.24. The van der Waals surface area contributed by atoms with Gasteiger partial charge in [-0.1, -0.05) is 11.3 Å². The van der Waals surface area contributed by atoms with Crippen molar-refractivity contribution in [2.24, 2.45) is 4.99 Å². The van der Waals surface area contributed by atoms with Crippen LogP contribution in [0.15, 0.2) is 23.2 Å². The predicted octanol–water partition coefficient (Wildman–Crippen LogP) is 1.86. The van der Waals surface area contributed by atoms with Gasteiger partial charge in [-0.2, -0.15) is 0 Å². The number of carboxylic acids is 1. The van der Waals surface area contributed by atoms with Crippen molar-refractivity contribution in [2.45, 2.75) is 13.2 Å². The Kier molecular flexibility index (Phi) is 3.06. The molecule has 0 amide bonds. The molecule has 0 radical (unpaired) electrons. The largest absolute Gasteiger partial charge is 0.487 e. The van der Waals surface area contributed by atoms with Crippen molar-refractivity contribution in [3.8, 4) is 17.0 Å². The first-order valence-corrected chi connectivity index (χ1v) is 6.71. The predicted molar refractivity (Wildman–Crippen MR) is 71.2 cm³/mol. The lowest BCUT2D eigenvalue weighted by Crippen LogP contribution is -2.21. The van der Waals surface area contributed by atoms with Crippen molar-refractivity contribution in [1.29, 1.82) is 0 Å². The molecule has 104 valence electrons. The molecule has 0 aliphatic carbocycles. The number of ether oxygens (including phenoxy) is 1. The zero-order valence-electron chi connectivity index (χ0n) is 10.6. The van der Waals surface area contributed by atoms with Gasteiger partial charge in [0.2, 0.25) is 0 Å². The van der Waals surface area contributed by atoms with Gasteiger partial charge in [0, 0.05) is 12.6 Å². The number of thiazole rings is 1. The van der Waals surface area contributed by atoms with Gasteiger partial charge in [-0.25, -0.2) is 4.39 Å². The van der Waals surface area contributed by atoms with E-state index in [9.17, 15) is 9.18 Å². The number of hydrogen-bond acceptors (Lipinski definition) is 4. The minimum Gasteiger partial charge on any atom is -0.487 e. The average Bonchev–Trinajstić information content (AvgIpc) is 2.76. The molecule has 2 heterocycles. The number of aromatic nitrogens is 1. The van der Waals surface area contributed by atoms with Gasteiger partial charge in [0.15, 0.2) is 4.80 Å². The first-order valence-electron chi connectivity index (χ1n) is 5.90. The summed E-state index contributed by atoms with van der Waals surface area (Å²) >= 11 is 1.36. The molecule has 1 N–H and O–H groups in total. The molecular weight excluding hydrogens is 283 g/mol. The molecule has 5 nitrogen and oxygen atoms in total. The van der Waals surface area contributed by atoms with Gasteiger partial charge in [-0.15, -0.1) is 0 Å². The van der Waals surface area contributed by atoms with Crippen LogP contribution in [-0.2, 0) is 17.9 Å². The SMILES string of the molecule is CN=c1sc2c(n1CC(=O)O)-c1cc(F)ccc1OC2. The number of nitrogens with zero attached hydrogens (tertiary/aromatic N) is 2. The fourth-order valence-corrected chi connectivity index (χ4v) is 3.27. The molecule has 0 saturated carbocycles. The van der Waals surface area contributed by atoms with Crippen LogP contribution in [0.2, 0.25) is 0 Å². The van der Waals surface area contributed by atoms with E-state index >= 15 is 0 Å². The standard InChI is InChI=1S/C13H11FN2O3S/c1-15-13-16(5-11(17)18)12-8-4-7(14)2-3-9(8)19-6-10(12)20-13/h2-4H,5-6H2,1H3,(H,17,18). The summed E-state index contributed by atoms with van der Waals surface area (Å²) in [7, 11) is 1.60. The molecule has 0 bridgehead atoms. The molecule has 0 saturated heterocycles. The molecule has 0 unspecified atom stereocenters. The molecule has 0 atom stereocenters. The molecule has 1 aliphatic rings. The molecule has 7 heteroatoms. The molecule has 2 aromatic rings. The Morgan fingerprint density at radius 1 is 1.60 bits per heavy atom. The van der Waals surface area contributed by atoms with Crippen LogP contribution in [0.4, 0.5) is 4.39 Å². The van der Waals surface area contributed by atoms with Crippen molar-refractivity contribution < 1.29 is 19.0 Å². The lowest BCUT2D eigenvalue weighted by molar-refractivity contribution is -0.137. The number of benzene rings is 1. The highest BCUT2D eigenvalue weighted by atomic mass is 32.1. The third kappa shape index (κ3) is 2.00. The molecule has 20 heavy (non-hydrogen) atoms. The number of carbonyl (C=O) groups is 1. The van der Waals surface area contributed by atoms with Crippen LogP contribution in [0, 0.1) is 5.82 Å². The van der Waals surface area contributed by atoms with E-state index in [2.05, 4.69) is 4.99 Å². The molecule has 0 fully saturated rings. The summed E-state index contributed by atoms with van der Waals surface area (Å²) < 4.78 is 20.6. The number of aliphatic carboxylic acids is 1. The minimum atomic E-state index is -0.968. The van der Waals surface area contributed by atoms with Crippen LogP contribution < -0.4 is 9.54 Å². The number of rotatable bonds is 2. The molecule has 0 spiro atoms. The maximum Gasteiger partial charge on any atom is 0.323 e. The van der Waals surface area contributed by atoms with E-state index in [4.69, 9.17) is 9.84 Å². The first-order chi connectivity index (χ1) is 9.60. The lowest BCUT2D eigenvalue weighted by atomic mass is 10.1. The normalized spacial score (nSPS) is 13.6. The summed E-state index contributed by atoms with van der Waals surface area (Å²) in [5, 5.41) is 9.05. The van der Waals surface area contributed by atoms with E-state index in [1.54, 1.807) is 17.7 Å². The summed E-state index contributed by atoms with van der Waals surface area (Å²) in [6.45, 7) is 0.127.